The summed E-state index contributed by atoms with van der Waals surface area (Å²) in [4.78, 5) is 4.05. The molecule has 15 heteroatoms. The number of sulfone groups is 1. The first-order chi connectivity index (χ1) is 20.2. The number of benzene rings is 3. The molecule has 43 heavy (non-hydrogen) atoms. The standard InChI is InChI=1S/C28H22ClF4N5O4S/c1-15-13-37(16(2)35-15)27-22(29)8-18(19-9-23(30)21(14-39)26(11-19)43(3,40)41)10-24(27)38-25(12-34-36-38)17-4-6-20(7-5-17)42-28(31,32)33/h4-13,39H,14H2,1-3H3. The largest absolute Gasteiger partial charge is 0.573 e. The van der Waals surface area contributed by atoms with E-state index >= 15 is 4.39 Å². The molecule has 0 atom stereocenters. The van der Waals surface area contributed by atoms with Crippen molar-refractivity contribution in [2.75, 3.05) is 6.26 Å². The molecular weight excluding hydrogens is 614 g/mol. The smallest absolute Gasteiger partial charge is 0.406 e. The van der Waals surface area contributed by atoms with Crippen molar-refractivity contribution >= 4 is 21.4 Å². The van der Waals surface area contributed by atoms with Crippen molar-refractivity contribution in [3.63, 3.8) is 0 Å². The molecule has 9 nitrogen and oxygen atoms in total. The van der Waals surface area contributed by atoms with E-state index in [1.54, 1.807) is 30.7 Å². The molecule has 2 heterocycles. The van der Waals surface area contributed by atoms with Crippen LogP contribution in [0.3, 0.4) is 0 Å². The molecule has 0 radical (unpaired) electrons. The summed E-state index contributed by atoms with van der Waals surface area (Å²) in [6, 6.07) is 10.5. The summed E-state index contributed by atoms with van der Waals surface area (Å²) in [5, 5.41) is 18.0. The lowest BCUT2D eigenvalue weighted by atomic mass is 10.0. The van der Waals surface area contributed by atoms with E-state index in [0.29, 0.717) is 39.7 Å². The molecule has 0 aliphatic rings. The molecule has 0 amide bonds. The van der Waals surface area contributed by atoms with Crippen molar-refractivity contribution < 1.29 is 35.8 Å². The van der Waals surface area contributed by atoms with Crippen LogP contribution in [0, 0.1) is 19.7 Å². The van der Waals surface area contributed by atoms with Gasteiger partial charge in [-0.25, -0.2) is 22.5 Å². The summed E-state index contributed by atoms with van der Waals surface area (Å²) < 4.78 is 85.0. The van der Waals surface area contributed by atoms with Gasteiger partial charge in [0, 0.05) is 23.6 Å². The van der Waals surface area contributed by atoms with Gasteiger partial charge in [-0.3, -0.25) is 0 Å². The van der Waals surface area contributed by atoms with Crippen molar-refractivity contribution in [2.45, 2.75) is 31.7 Å². The maximum atomic E-state index is 15.0. The van der Waals surface area contributed by atoms with Crippen molar-refractivity contribution in [2.24, 2.45) is 0 Å². The summed E-state index contributed by atoms with van der Waals surface area (Å²) in [7, 11) is -3.93. The zero-order chi connectivity index (χ0) is 31.3. The molecule has 2 aromatic heterocycles. The zero-order valence-electron chi connectivity index (χ0n) is 22.7. The molecule has 5 rings (SSSR count). The van der Waals surface area contributed by atoms with E-state index < -0.39 is 34.4 Å². The van der Waals surface area contributed by atoms with Crippen LogP contribution in [0.4, 0.5) is 17.6 Å². The normalized spacial score (nSPS) is 12.1. The van der Waals surface area contributed by atoms with Crippen molar-refractivity contribution in [1.29, 1.82) is 0 Å². The fourth-order valence-corrected chi connectivity index (χ4v) is 5.95. The van der Waals surface area contributed by atoms with E-state index in [4.69, 9.17) is 11.6 Å². The second-order valence-corrected chi connectivity index (χ2v) is 12.0. The molecule has 0 spiro atoms. The Kier molecular flexibility index (Phi) is 7.79. The minimum Gasteiger partial charge on any atom is -0.406 e. The van der Waals surface area contributed by atoms with Gasteiger partial charge in [0.25, 0.3) is 0 Å². The summed E-state index contributed by atoms with van der Waals surface area (Å²) in [5.74, 6) is -0.771. The number of aromatic nitrogens is 5. The van der Waals surface area contributed by atoms with Gasteiger partial charge >= 0.3 is 6.36 Å². The van der Waals surface area contributed by atoms with E-state index in [0.717, 1.165) is 24.5 Å². The Morgan fingerprint density at radius 1 is 1.02 bits per heavy atom. The van der Waals surface area contributed by atoms with Gasteiger partial charge in [-0.05, 0) is 73.5 Å². The van der Waals surface area contributed by atoms with Crippen molar-refractivity contribution in [3.05, 3.63) is 88.8 Å². The lowest BCUT2D eigenvalue weighted by Gasteiger charge is -2.18. The summed E-state index contributed by atoms with van der Waals surface area (Å²) in [6.45, 7) is 2.72. The van der Waals surface area contributed by atoms with Crippen LogP contribution in [0.5, 0.6) is 5.75 Å². The van der Waals surface area contributed by atoms with Gasteiger partial charge in [-0.15, -0.1) is 18.3 Å². The minimum absolute atomic E-state index is 0.152. The Labute approximate surface area is 247 Å². The van der Waals surface area contributed by atoms with E-state index in [9.17, 15) is 26.7 Å². The number of aliphatic hydroxyl groups is 1. The monoisotopic (exact) mass is 635 g/mol. The molecule has 0 unspecified atom stereocenters. The van der Waals surface area contributed by atoms with Gasteiger partial charge in [0.05, 0.1) is 45.5 Å². The number of ether oxygens (including phenoxy) is 1. The number of imidazole rings is 1. The second kappa shape index (κ2) is 11.1. The Morgan fingerprint density at radius 3 is 2.28 bits per heavy atom. The van der Waals surface area contributed by atoms with E-state index in [1.165, 1.54) is 35.1 Å². The van der Waals surface area contributed by atoms with Crippen molar-refractivity contribution in [3.8, 4) is 39.5 Å². The lowest BCUT2D eigenvalue weighted by Crippen LogP contribution is -2.16. The Bertz CT molecular complexity index is 1960. The third-order valence-electron chi connectivity index (χ3n) is 6.49. The highest BCUT2D eigenvalue weighted by Gasteiger charge is 2.31. The van der Waals surface area contributed by atoms with Crippen LogP contribution in [0.25, 0.3) is 33.8 Å². The van der Waals surface area contributed by atoms with Gasteiger partial charge < -0.3 is 14.4 Å². The quantitative estimate of drug-likeness (QED) is 0.219. The van der Waals surface area contributed by atoms with Crippen LogP contribution in [0.1, 0.15) is 17.1 Å². The Morgan fingerprint density at radius 2 is 1.70 bits per heavy atom. The summed E-state index contributed by atoms with van der Waals surface area (Å²) in [5.41, 5.74) is 2.30. The van der Waals surface area contributed by atoms with Crippen LogP contribution < -0.4 is 4.74 Å². The predicted molar refractivity (Wildman–Crippen MR) is 150 cm³/mol. The number of hydrogen-bond donors (Lipinski definition) is 1. The number of alkyl halides is 3. The maximum absolute atomic E-state index is 15.0. The minimum atomic E-state index is -4.86. The van der Waals surface area contributed by atoms with Crippen LogP contribution in [0.2, 0.25) is 5.02 Å². The molecule has 5 aromatic rings. The third-order valence-corrected chi connectivity index (χ3v) is 7.94. The van der Waals surface area contributed by atoms with E-state index in [-0.39, 0.29) is 21.0 Å². The molecule has 0 saturated heterocycles. The highest BCUT2D eigenvalue weighted by Crippen LogP contribution is 2.38. The first kappa shape index (κ1) is 30.2. The maximum Gasteiger partial charge on any atom is 0.573 e. The van der Waals surface area contributed by atoms with Crippen LogP contribution in [-0.4, -0.2) is 50.7 Å². The number of halogens is 5. The molecule has 0 bridgehead atoms. The van der Waals surface area contributed by atoms with E-state index in [2.05, 4.69) is 20.0 Å². The molecule has 3 aromatic carbocycles. The molecule has 0 aliphatic heterocycles. The highest BCUT2D eigenvalue weighted by atomic mass is 35.5. The second-order valence-electron chi connectivity index (χ2n) is 9.59. The Hall–Kier alpha value is -4.27. The highest BCUT2D eigenvalue weighted by molar-refractivity contribution is 7.90. The molecule has 1 N–H and O–H groups in total. The van der Waals surface area contributed by atoms with Gasteiger partial charge in [0.1, 0.15) is 17.4 Å². The number of aliphatic hydroxyl groups excluding tert-OH is 1. The van der Waals surface area contributed by atoms with E-state index in [1.807, 2.05) is 0 Å². The number of hydrogen-bond acceptors (Lipinski definition) is 7. The van der Waals surface area contributed by atoms with Crippen LogP contribution in [0.15, 0.2) is 65.8 Å². The summed E-state index contributed by atoms with van der Waals surface area (Å²) >= 11 is 6.84. The molecular formula is C28H22ClF4N5O4S. The zero-order valence-corrected chi connectivity index (χ0v) is 24.3. The van der Waals surface area contributed by atoms with Crippen LogP contribution in [-0.2, 0) is 16.4 Å². The number of aryl methyl sites for hydroxylation is 2. The molecule has 224 valence electrons. The lowest BCUT2D eigenvalue weighted by molar-refractivity contribution is -0.274. The molecule has 0 aliphatic carbocycles. The molecule has 0 saturated carbocycles. The SMILES string of the molecule is Cc1cn(-c2c(Cl)cc(-c3cc(F)c(CO)c(S(C)(=O)=O)c3)cc2-n2nncc2-c2ccc(OC(F)(F)F)cc2)c(C)n1. The first-order valence-electron chi connectivity index (χ1n) is 12.4. The van der Waals surface area contributed by atoms with Crippen molar-refractivity contribution in [1.82, 2.24) is 24.5 Å². The van der Waals surface area contributed by atoms with Gasteiger partial charge in [0.15, 0.2) is 9.84 Å². The molecule has 0 fully saturated rings. The average Bonchev–Trinajstić information content (AvgIpc) is 3.52. The average molecular weight is 636 g/mol. The number of nitrogens with zero attached hydrogens (tertiary/aromatic N) is 5. The Balaban J connectivity index is 1.74. The number of rotatable bonds is 7. The fourth-order valence-electron chi connectivity index (χ4n) is 4.70. The van der Waals surface area contributed by atoms with Gasteiger partial charge in [-0.2, -0.15) is 0 Å². The first-order valence-corrected chi connectivity index (χ1v) is 14.7. The van der Waals surface area contributed by atoms with Crippen LogP contribution >= 0.6 is 11.6 Å². The van der Waals surface area contributed by atoms with Gasteiger partial charge in [0.2, 0.25) is 0 Å². The third kappa shape index (κ3) is 6.12. The predicted octanol–water partition coefficient (Wildman–Crippen LogP) is 5.99. The van der Waals surface area contributed by atoms with Gasteiger partial charge in [-0.1, -0.05) is 16.8 Å². The fraction of sp³-hybridized carbons (Fsp3) is 0.179. The summed E-state index contributed by atoms with van der Waals surface area (Å²) in [6.07, 6.45) is -0.822. The topological polar surface area (TPSA) is 112 Å².